The topological polar surface area (TPSA) is 74.8 Å². The molecule has 1 atom stereocenters. The van der Waals surface area contributed by atoms with Gasteiger partial charge in [0.2, 0.25) is 5.91 Å². The molecule has 1 amide bonds. The number of aromatic amines is 1. The number of H-pyrrole nitrogens is 1. The lowest BCUT2D eigenvalue weighted by Crippen LogP contribution is -2.30. The van der Waals surface area contributed by atoms with Crippen molar-refractivity contribution in [1.82, 2.24) is 15.3 Å². The molecule has 0 bridgehead atoms. The molecule has 0 aliphatic carbocycles. The van der Waals surface area contributed by atoms with Crippen LogP contribution in [0.3, 0.4) is 0 Å². The van der Waals surface area contributed by atoms with Crippen LogP contribution in [0.2, 0.25) is 0 Å². The highest BCUT2D eigenvalue weighted by Gasteiger charge is 2.18. The number of carbonyl (C=O) groups is 1. The second-order valence-electron chi connectivity index (χ2n) is 7.47. The van der Waals surface area contributed by atoms with Crippen LogP contribution in [0.1, 0.15) is 51.8 Å². The van der Waals surface area contributed by atoms with Crippen molar-refractivity contribution in [2.45, 2.75) is 46.6 Å². The smallest absolute Gasteiger partial charge is 0.254 e. The number of nitrogens with one attached hydrogen (secondary N) is 2. The average Bonchev–Trinajstić information content (AvgIpc) is 2.68. The molecule has 0 spiro atoms. The number of carbonyl (C=O) groups excluding carboxylic acids is 1. The van der Waals surface area contributed by atoms with Gasteiger partial charge in [0.15, 0.2) is 0 Å². The van der Waals surface area contributed by atoms with E-state index in [0.29, 0.717) is 23.5 Å². The number of amides is 1. The fraction of sp³-hybridized carbons (Fsp3) is 0.292. The first-order valence-electron chi connectivity index (χ1n) is 9.83. The summed E-state index contributed by atoms with van der Waals surface area (Å²) in [5, 5.41) is 3.15. The molecular weight excluding hydrogens is 362 g/mol. The fourth-order valence-electron chi connectivity index (χ4n) is 3.47. The summed E-state index contributed by atoms with van der Waals surface area (Å²) >= 11 is 0. The maximum atomic E-state index is 12.8. The van der Waals surface area contributed by atoms with Gasteiger partial charge in [-0.3, -0.25) is 9.59 Å². The highest BCUT2D eigenvalue weighted by Crippen LogP contribution is 2.24. The molecule has 29 heavy (non-hydrogen) atoms. The molecule has 1 heterocycles. The molecule has 0 fully saturated rings. The Labute approximate surface area is 171 Å². The summed E-state index contributed by atoms with van der Waals surface area (Å²) in [6.07, 6.45) is 0.581. The molecule has 0 aliphatic heterocycles. The van der Waals surface area contributed by atoms with Crippen LogP contribution in [-0.2, 0) is 11.2 Å². The molecule has 0 saturated heterocycles. The van der Waals surface area contributed by atoms with Gasteiger partial charge in [-0.05, 0) is 56.4 Å². The first-order valence-corrected chi connectivity index (χ1v) is 9.83. The lowest BCUT2D eigenvalue weighted by molar-refractivity contribution is -0.121. The molecule has 3 aromatic rings. The van der Waals surface area contributed by atoms with E-state index >= 15 is 0 Å². The molecule has 3 rings (SSSR count). The molecular formula is C24H27N3O2. The molecule has 0 radical (unpaired) electrons. The minimum absolute atomic E-state index is 0.101. The second kappa shape index (κ2) is 8.86. The van der Waals surface area contributed by atoms with Gasteiger partial charge in [0.05, 0.1) is 6.04 Å². The van der Waals surface area contributed by atoms with Crippen molar-refractivity contribution < 1.29 is 4.79 Å². The van der Waals surface area contributed by atoms with Crippen LogP contribution in [0.4, 0.5) is 0 Å². The van der Waals surface area contributed by atoms with Gasteiger partial charge in [0.25, 0.3) is 5.56 Å². The Kier molecular flexibility index (Phi) is 6.27. The molecule has 5 heteroatoms. The monoisotopic (exact) mass is 389 g/mol. The van der Waals surface area contributed by atoms with Crippen molar-refractivity contribution in [2.24, 2.45) is 0 Å². The van der Waals surface area contributed by atoms with Crippen LogP contribution in [0.25, 0.3) is 0 Å². The Morgan fingerprint density at radius 1 is 1.00 bits per heavy atom. The summed E-state index contributed by atoms with van der Waals surface area (Å²) in [6, 6.07) is 15.9. The van der Waals surface area contributed by atoms with E-state index in [9.17, 15) is 9.59 Å². The molecule has 5 nitrogen and oxygen atoms in total. The zero-order valence-corrected chi connectivity index (χ0v) is 17.4. The first kappa shape index (κ1) is 20.5. The lowest BCUT2D eigenvalue weighted by Gasteiger charge is -2.21. The summed E-state index contributed by atoms with van der Waals surface area (Å²) in [5.41, 5.74) is 5.53. The maximum absolute atomic E-state index is 12.8. The standard InChI is InChI=1S/C24H27N3O2/c1-15-10-11-20(14-16(15)2)23(19-8-6-5-7-9-19)27-22(28)13-12-21-17(3)25-18(4)26-24(21)29/h5-11,14,23H,12-13H2,1-4H3,(H,27,28)(H,25,26,29)/t23-/m0/s1. The number of benzene rings is 2. The lowest BCUT2D eigenvalue weighted by atomic mass is 9.95. The van der Waals surface area contributed by atoms with Gasteiger partial charge in [0.1, 0.15) is 5.82 Å². The third-order valence-corrected chi connectivity index (χ3v) is 5.25. The largest absolute Gasteiger partial charge is 0.345 e. The maximum Gasteiger partial charge on any atom is 0.254 e. The van der Waals surface area contributed by atoms with Crippen molar-refractivity contribution in [3.63, 3.8) is 0 Å². The summed E-state index contributed by atoms with van der Waals surface area (Å²) in [7, 11) is 0. The average molecular weight is 389 g/mol. The van der Waals surface area contributed by atoms with E-state index in [-0.39, 0.29) is 23.9 Å². The van der Waals surface area contributed by atoms with Gasteiger partial charge in [-0.25, -0.2) is 4.98 Å². The Balaban J connectivity index is 1.80. The van der Waals surface area contributed by atoms with Gasteiger partial charge < -0.3 is 10.3 Å². The third kappa shape index (κ3) is 4.99. The van der Waals surface area contributed by atoms with Crippen molar-refractivity contribution in [2.75, 3.05) is 0 Å². The van der Waals surface area contributed by atoms with E-state index in [1.807, 2.05) is 30.3 Å². The number of hydrogen-bond donors (Lipinski definition) is 2. The predicted molar refractivity (Wildman–Crippen MR) is 115 cm³/mol. The van der Waals surface area contributed by atoms with E-state index < -0.39 is 0 Å². The minimum Gasteiger partial charge on any atom is -0.345 e. The predicted octanol–water partition coefficient (Wildman–Crippen LogP) is 3.84. The van der Waals surface area contributed by atoms with Crippen molar-refractivity contribution in [3.05, 3.63) is 98.2 Å². The Morgan fingerprint density at radius 2 is 1.72 bits per heavy atom. The van der Waals surface area contributed by atoms with Crippen LogP contribution >= 0.6 is 0 Å². The summed E-state index contributed by atoms with van der Waals surface area (Å²) < 4.78 is 0. The van der Waals surface area contributed by atoms with Gasteiger partial charge in [0, 0.05) is 17.7 Å². The quantitative estimate of drug-likeness (QED) is 0.673. The number of aromatic nitrogens is 2. The number of aryl methyl sites for hydroxylation is 4. The second-order valence-corrected chi connectivity index (χ2v) is 7.47. The summed E-state index contributed by atoms with van der Waals surface area (Å²) in [4.78, 5) is 32.0. The molecule has 0 aliphatic rings. The van der Waals surface area contributed by atoms with Crippen molar-refractivity contribution >= 4 is 5.91 Å². The fourth-order valence-corrected chi connectivity index (χ4v) is 3.47. The van der Waals surface area contributed by atoms with Crippen LogP contribution in [0.15, 0.2) is 53.3 Å². The normalized spacial score (nSPS) is 11.9. The zero-order valence-electron chi connectivity index (χ0n) is 17.4. The minimum atomic E-state index is -0.237. The molecule has 1 aromatic heterocycles. The number of hydrogen-bond acceptors (Lipinski definition) is 3. The van der Waals surface area contributed by atoms with E-state index in [2.05, 4.69) is 47.3 Å². The Morgan fingerprint density at radius 3 is 2.38 bits per heavy atom. The number of rotatable bonds is 6. The van der Waals surface area contributed by atoms with E-state index in [0.717, 1.165) is 11.1 Å². The van der Waals surface area contributed by atoms with Crippen LogP contribution in [0.5, 0.6) is 0 Å². The molecule has 150 valence electrons. The van der Waals surface area contributed by atoms with E-state index in [1.165, 1.54) is 11.1 Å². The van der Waals surface area contributed by atoms with Gasteiger partial charge in [-0.2, -0.15) is 0 Å². The van der Waals surface area contributed by atoms with Crippen LogP contribution < -0.4 is 10.9 Å². The molecule has 2 N–H and O–H groups in total. The van der Waals surface area contributed by atoms with Gasteiger partial charge in [-0.1, -0.05) is 48.5 Å². The van der Waals surface area contributed by atoms with Crippen LogP contribution in [-0.4, -0.2) is 15.9 Å². The number of nitrogens with zero attached hydrogens (tertiary/aromatic N) is 1. The van der Waals surface area contributed by atoms with Crippen LogP contribution in [0, 0.1) is 27.7 Å². The van der Waals surface area contributed by atoms with E-state index in [4.69, 9.17) is 0 Å². The summed E-state index contributed by atoms with van der Waals surface area (Å²) in [6.45, 7) is 7.70. The van der Waals surface area contributed by atoms with Crippen molar-refractivity contribution in [1.29, 1.82) is 0 Å². The van der Waals surface area contributed by atoms with Crippen molar-refractivity contribution in [3.8, 4) is 0 Å². The van der Waals surface area contributed by atoms with Gasteiger partial charge >= 0.3 is 0 Å². The van der Waals surface area contributed by atoms with E-state index in [1.54, 1.807) is 13.8 Å². The molecule has 0 unspecified atom stereocenters. The SMILES string of the molecule is Cc1nc(C)c(CCC(=O)N[C@@H](c2ccccc2)c2ccc(C)c(C)c2)c(=O)[nH]1. The Hall–Kier alpha value is -3.21. The molecule has 2 aromatic carbocycles. The summed E-state index contributed by atoms with van der Waals surface area (Å²) in [5.74, 6) is 0.482. The van der Waals surface area contributed by atoms with Gasteiger partial charge in [-0.15, -0.1) is 0 Å². The third-order valence-electron chi connectivity index (χ3n) is 5.25. The highest BCUT2D eigenvalue weighted by molar-refractivity contribution is 5.77. The zero-order chi connectivity index (χ0) is 21.0. The first-order chi connectivity index (χ1) is 13.8. The molecule has 0 saturated carbocycles. The Bertz CT molecular complexity index is 1070. The highest BCUT2D eigenvalue weighted by atomic mass is 16.1.